The quantitative estimate of drug-likeness (QED) is 0.00937. The van der Waals surface area contributed by atoms with Crippen molar-refractivity contribution in [2.24, 2.45) is 35.5 Å². The third-order valence-corrected chi connectivity index (χ3v) is 15.6. The van der Waals surface area contributed by atoms with Crippen molar-refractivity contribution in [1.29, 1.82) is 0 Å². The van der Waals surface area contributed by atoms with Crippen LogP contribution < -0.4 is 10.6 Å². The molecular weight excluding hydrogens is 1430 g/mol. The molecule has 97 heavy (non-hydrogen) atoms. The first-order chi connectivity index (χ1) is 41.9. The molecule has 20 heteroatoms. The summed E-state index contributed by atoms with van der Waals surface area (Å²) >= 11 is 0. The molecule has 0 unspecified atom stereocenters. The molecule has 0 spiro atoms. The smallest absolute Gasteiger partial charge is 0.657 e. The number of carboxylic acids is 2. The molecule has 0 aliphatic heterocycles. The van der Waals surface area contributed by atoms with Gasteiger partial charge in [0, 0.05) is 107 Å². The molecular formula is C77H142N4O12Zn4-4. The van der Waals surface area contributed by atoms with Gasteiger partial charge in [-0.2, -0.15) is 13.1 Å². The van der Waals surface area contributed by atoms with E-state index in [0.29, 0.717) is 12.1 Å². The van der Waals surface area contributed by atoms with Crippen molar-refractivity contribution in [3.63, 3.8) is 0 Å². The molecule has 0 aliphatic rings. The fourth-order valence-corrected chi connectivity index (χ4v) is 8.59. The van der Waals surface area contributed by atoms with E-state index in [9.17, 15) is 9.59 Å². The zero-order chi connectivity index (χ0) is 67.8. The van der Waals surface area contributed by atoms with Crippen molar-refractivity contribution < 1.29 is 139 Å². The van der Waals surface area contributed by atoms with E-state index in [1.807, 2.05) is 95.2 Å². The topological polar surface area (TPSA) is 289 Å². The molecule has 554 valence electrons. The third kappa shape index (κ3) is 68.1. The number of nitrogens with zero attached hydrogens (tertiary/aromatic N) is 2. The van der Waals surface area contributed by atoms with E-state index >= 15 is 0 Å². The first kappa shape index (κ1) is 125. The second-order valence-electron chi connectivity index (χ2n) is 21.8. The van der Waals surface area contributed by atoms with Crippen LogP contribution in [0.5, 0.6) is 0 Å². The number of carbonyl (C=O) groups is 2. The molecule has 4 rings (SSSR count). The van der Waals surface area contributed by atoms with Gasteiger partial charge in [0.2, 0.25) is 0 Å². The van der Waals surface area contributed by atoms with Gasteiger partial charge in [-0.05, 0) is 102 Å². The Bertz CT molecular complexity index is 1820. The van der Waals surface area contributed by atoms with Gasteiger partial charge in [-0.3, -0.25) is 9.59 Å². The number of rotatable bonds is 32. The standard InChI is InChI=1S/C18H24N2.C18H22N2.4C6H14O2.2C6H12O2.CH4.4CH3.4Zn/c2*1-15(17-9-5-3-6-10-17)19-13-14-20-16(2)18-11-7-4-8-12-18;6*1-3-5(4-2)6(7)8;;;;;;;;;/h3-12,15-16,19-20H,13-14H2,1-2H3;3-12,15-16H,13-14H2,1-2H3;4*5-8H,3-4H2,1-2H3;2*5H,3-4H2,1-2H3,(H,7,8);1H4;4*1H3;;;;/q;-2;;;;;;;;4*-1;;;;+2/t2*15-,16-;;;;;;;;;;;;;;;/m11.............../s1. The van der Waals surface area contributed by atoms with Crippen molar-refractivity contribution in [2.45, 2.75) is 245 Å². The second-order valence-corrected chi connectivity index (χ2v) is 21.8. The molecule has 4 atom stereocenters. The number of aliphatic carboxylic acids is 2. The average molecular weight is 1580 g/mol. The Balaban J connectivity index is -0.0000000777. The molecule has 0 amide bonds. The molecule has 4 aromatic carbocycles. The van der Waals surface area contributed by atoms with Crippen LogP contribution in [0.4, 0.5) is 0 Å². The number of nitrogens with one attached hydrogen (secondary N) is 2. The van der Waals surface area contributed by atoms with Crippen molar-refractivity contribution in [3.05, 3.63) is 184 Å². The van der Waals surface area contributed by atoms with Crippen molar-refractivity contribution in [3.8, 4) is 0 Å². The molecule has 0 fully saturated rings. The molecule has 0 aromatic heterocycles. The van der Waals surface area contributed by atoms with E-state index in [2.05, 4.69) is 158 Å². The average Bonchev–Trinajstić information content (AvgIpc) is 1.14. The molecule has 12 N–H and O–H groups in total. The number of carboxylic acid groups (broad SMARTS) is 2. The first-order valence-electron chi connectivity index (χ1n) is 32.8. The molecule has 0 bridgehead atoms. The van der Waals surface area contributed by atoms with Crippen LogP contribution in [-0.4, -0.2) is 114 Å². The molecule has 4 aromatic rings. The maximum absolute atomic E-state index is 10.2. The van der Waals surface area contributed by atoms with E-state index in [-0.39, 0.29) is 163 Å². The summed E-state index contributed by atoms with van der Waals surface area (Å²) in [6.07, 6.45) is 5.22. The Morgan fingerprint density at radius 1 is 0.340 bits per heavy atom. The zero-order valence-corrected chi connectivity index (χ0v) is 75.8. The van der Waals surface area contributed by atoms with Crippen LogP contribution in [0.15, 0.2) is 121 Å². The number of hydrogen-bond acceptors (Lipinski definition) is 12. The fourth-order valence-electron chi connectivity index (χ4n) is 8.59. The predicted octanol–water partition coefficient (Wildman–Crippen LogP) is 17.3. The largest absolute Gasteiger partial charge is 2.00 e. The Labute approximate surface area is 646 Å². The number of hydrogen-bond donors (Lipinski definition) is 12. The SMILES string of the molecule is C.CCC(CC)C(=O)O.CCC(CC)C(=O)O.CCC(CC)C(O)O.CCC(CC)C(O)O.CCC(CC)C(O)O.CCC(CC)C(O)O.C[C@@H](NCCN[C@H](C)c1ccccc1)c1ccccc1.C[C@@H]([N-]CC[N-][C@H](C)c1ccccc1)c1ccccc1.[CH3-].[CH3-].[CH3-].[CH3-].[Zn+2].[Zn].[Zn].[Zn]. The minimum Gasteiger partial charge on any atom is -0.657 e. The van der Waals surface area contributed by atoms with Gasteiger partial charge in [-0.1, -0.05) is 237 Å². The van der Waals surface area contributed by atoms with Gasteiger partial charge in [0.05, 0.1) is 11.8 Å². The minimum absolute atomic E-state index is 0. The molecule has 0 saturated heterocycles. The van der Waals surface area contributed by atoms with E-state index < -0.39 is 37.1 Å². The second kappa shape index (κ2) is 84.5. The van der Waals surface area contributed by atoms with Gasteiger partial charge in [0.25, 0.3) is 0 Å². The normalized spacial score (nSPS) is 11.1. The molecule has 0 heterocycles. The summed E-state index contributed by atoms with van der Waals surface area (Å²) in [4.78, 5) is 20.3. The van der Waals surface area contributed by atoms with Gasteiger partial charge >= 0.3 is 31.4 Å². The number of aliphatic hydroxyl groups excluding tert-OH is 4. The number of aliphatic hydroxyl groups is 8. The van der Waals surface area contributed by atoms with Crippen molar-refractivity contribution >= 4 is 11.9 Å². The van der Waals surface area contributed by atoms with Crippen LogP contribution in [0, 0.1) is 65.2 Å². The summed E-state index contributed by atoms with van der Waals surface area (Å²) in [6.45, 7) is 35.4. The van der Waals surface area contributed by atoms with Gasteiger partial charge < -0.3 is 102 Å². The van der Waals surface area contributed by atoms with Crippen molar-refractivity contribution in [1.82, 2.24) is 10.6 Å². The molecule has 16 nitrogen and oxygen atoms in total. The predicted molar refractivity (Wildman–Crippen MR) is 397 cm³/mol. The van der Waals surface area contributed by atoms with E-state index in [1.165, 1.54) is 22.3 Å². The number of benzene rings is 4. The van der Waals surface area contributed by atoms with Gasteiger partial charge in [-0.15, -0.1) is 12.1 Å². The Morgan fingerprint density at radius 3 is 0.639 bits per heavy atom. The minimum atomic E-state index is -1.12. The first-order valence-corrected chi connectivity index (χ1v) is 32.8. The van der Waals surface area contributed by atoms with E-state index in [1.54, 1.807) is 0 Å². The van der Waals surface area contributed by atoms with E-state index in [4.69, 9.17) is 51.1 Å². The summed E-state index contributed by atoms with van der Waals surface area (Å²) in [5, 5.41) is 102. The van der Waals surface area contributed by atoms with Gasteiger partial charge in [0.15, 0.2) is 25.2 Å². The summed E-state index contributed by atoms with van der Waals surface area (Å²) in [5.74, 6) is -1.34. The molecule has 0 aliphatic carbocycles. The maximum atomic E-state index is 10.2. The summed E-state index contributed by atoms with van der Waals surface area (Å²) in [6, 6.07) is 43.2. The van der Waals surface area contributed by atoms with Crippen molar-refractivity contribution in [2.75, 3.05) is 26.2 Å². The Kier molecular flexibility index (Phi) is 109. The van der Waals surface area contributed by atoms with Crippen LogP contribution in [0.25, 0.3) is 10.6 Å². The third-order valence-electron chi connectivity index (χ3n) is 15.6. The zero-order valence-electron chi connectivity index (χ0n) is 64.0. The summed E-state index contributed by atoms with van der Waals surface area (Å²) < 4.78 is 0. The maximum Gasteiger partial charge on any atom is 2.00 e. The molecule has 0 saturated carbocycles. The summed E-state index contributed by atoms with van der Waals surface area (Å²) in [5.41, 5.74) is 5.21. The fraction of sp³-hybridized carbons (Fsp3) is 0.610. The Morgan fingerprint density at radius 2 is 0.515 bits per heavy atom. The van der Waals surface area contributed by atoms with Crippen LogP contribution >= 0.6 is 0 Å². The van der Waals surface area contributed by atoms with Crippen LogP contribution in [0.2, 0.25) is 0 Å². The van der Waals surface area contributed by atoms with Gasteiger partial charge in [-0.25, -0.2) is 0 Å². The van der Waals surface area contributed by atoms with Crippen LogP contribution in [0.3, 0.4) is 0 Å². The van der Waals surface area contributed by atoms with Crippen LogP contribution in [-0.2, 0) is 87.5 Å². The summed E-state index contributed by atoms with van der Waals surface area (Å²) in [7, 11) is 0. The molecule has 0 radical (unpaired) electrons. The Hall–Kier alpha value is -2.17. The monoisotopic (exact) mass is 1570 g/mol. The van der Waals surface area contributed by atoms with Crippen LogP contribution in [0.1, 0.15) is 242 Å². The van der Waals surface area contributed by atoms with Gasteiger partial charge in [0.1, 0.15) is 0 Å². The van der Waals surface area contributed by atoms with E-state index in [0.717, 1.165) is 103 Å².